The molecule has 0 amide bonds. The molecule has 4 aliphatic carbocycles. The number of aliphatic hydroxyl groups is 1. The molecule has 0 spiro atoms. The Morgan fingerprint density at radius 3 is 2.80 bits per heavy atom. The predicted octanol–water partition coefficient (Wildman–Crippen LogP) is 6.59. The van der Waals surface area contributed by atoms with Crippen molar-refractivity contribution in [3.05, 3.63) is 41.7 Å². The number of pyridine rings is 1. The van der Waals surface area contributed by atoms with Crippen LogP contribution in [0.3, 0.4) is 0 Å². The van der Waals surface area contributed by atoms with E-state index in [2.05, 4.69) is 44.0 Å². The maximum absolute atomic E-state index is 10.2. The van der Waals surface area contributed by atoms with Crippen molar-refractivity contribution in [2.24, 2.45) is 40.4 Å². The average molecular weight is 408 g/mol. The summed E-state index contributed by atoms with van der Waals surface area (Å²) in [7, 11) is 0. The lowest BCUT2D eigenvalue weighted by Gasteiger charge is -2.58. The lowest BCUT2D eigenvalue weighted by atomic mass is 9.47. The van der Waals surface area contributed by atoms with Gasteiger partial charge in [0.1, 0.15) is 0 Å². The van der Waals surface area contributed by atoms with Crippen LogP contribution in [0.4, 0.5) is 0 Å². The van der Waals surface area contributed by atoms with Gasteiger partial charge in [-0.2, -0.15) is 0 Å². The first kappa shape index (κ1) is 20.7. The van der Waals surface area contributed by atoms with Crippen molar-refractivity contribution in [3.63, 3.8) is 0 Å². The normalized spacial score (nSPS) is 43.9. The minimum atomic E-state index is -0.0914. The third-order valence-electron chi connectivity index (χ3n) is 10.4. The second-order valence-corrected chi connectivity index (χ2v) is 11.8. The second-order valence-electron chi connectivity index (χ2n) is 11.8. The van der Waals surface area contributed by atoms with Gasteiger partial charge in [-0.25, -0.2) is 0 Å². The van der Waals surface area contributed by atoms with E-state index < -0.39 is 0 Å². The summed E-state index contributed by atoms with van der Waals surface area (Å²) in [5, 5.41) is 10.2. The Morgan fingerprint density at radius 2 is 2.00 bits per heavy atom. The molecule has 5 rings (SSSR count). The minimum Gasteiger partial charge on any atom is -0.393 e. The van der Waals surface area contributed by atoms with Crippen LogP contribution < -0.4 is 0 Å². The molecule has 8 atom stereocenters. The standard InChI is InChI=1S/C28H41NO/c1-19(6-7-20-5-4-16-29-18-20)24-10-11-25-23-9-8-21-17-22(30)12-14-27(21,2)26(23)13-15-28(24,25)3/h4-5,8,16,18-19,22-26,30H,6-7,9-15,17H2,1-3H3/t19?,22-,23?,24?,25?,26?,27?,28?/m0/s1. The predicted molar refractivity (Wildman–Crippen MR) is 123 cm³/mol. The average Bonchev–Trinajstić information content (AvgIpc) is 3.10. The van der Waals surface area contributed by atoms with E-state index in [-0.39, 0.29) is 6.10 Å². The Kier molecular flexibility index (Phi) is 5.37. The molecule has 3 saturated carbocycles. The summed E-state index contributed by atoms with van der Waals surface area (Å²) in [6.45, 7) is 7.74. The highest BCUT2D eigenvalue weighted by atomic mass is 16.3. The maximum atomic E-state index is 10.2. The van der Waals surface area contributed by atoms with Crippen molar-refractivity contribution in [1.82, 2.24) is 4.98 Å². The fourth-order valence-electron chi connectivity index (χ4n) is 8.76. The van der Waals surface area contributed by atoms with Crippen molar-refractivity contribution in [3.8, 4) is 0 Å². The van der Waals surface area contributed by atoms with E-state index >= 15 is 0 Å². The van der Waals surface area contributed by atoms with Crippen LogP contribution in [-0.2, 0) is 6.42 Å². The minimum absolute atomic E-state index is 0.0914. The summed E-state index contributed by atoms with van der Waals surface area (Å²) in [4.78, 5) is 4.31. The Morgan fingerprint density at radius 1 is 1.13 bits per heavy atom. The Balaban J connectivity index is 1.31. The third kappa shape index (κ3) is 3.29. The van der Waals surface area contributed by atoms with Crippen LogP contribution >= 0.6 is 0 Å². The molecule has 3 fully saturated rings. The van der Waals surface area contributed by atoms with Crippen LogP contribution in [0.25, 0.3) is 0 Å². The van der Waals surface area contributed by atoms with Crippen molar-refractivity contribution in [1.29, 1.82) is 0 Å². The molecule has 0 aliphatic heterocycles. The lowest BCUT2D eigenvalue weighted by molar-refractivity contribution is -0.0571. The van der Waals surface area contributed by atoms with E-state index in [1.165, 1.54) is 56.9 Å². The van der Waals surface area contributed by atoms with Crippen LogP contribution in [0.2, 0.25) is 0 Å². The first-order valence-corrected chi connectivity index (χ1v) is 12.7. The fourth-order valence-corrected chi connectivity index (χ4v) is 8.76. The van der Waals surface area contributed by atoms with Crippen molar-refractivity contribution < 1.29 is 5.11 Å². The molecular formula is C28H41NO. The Hall–Kier alpha value is -1.15. The van der Waals surface area contributed by atoms with E-state index in [9.17, 15) is 5.11 Å². The third-order valence-corrected chi connectivity index (χ3v) is 10.4. The number of hydrogen-bond donors (Lipinski definition) is 1. The fraction of sp³-hybridized carbons (Fsp3) is 0.750. The topological polar surface area (TPSA) is 33.1 Å². The second kappa shape index (κ2) is 7.76. The van der Waals surface area contributed by atoms with E-state index in [4.69, 9.17) is 0 Å². The van der Waals surface area contributed by atoms with Gasteiger partial charge in [0, 0.05) is 12.4 Å². The van der Waals surface area contributed by atoms with Gasteiger partial charge < -0.3 is 5.11 Å². The summed E-state index contributed by atoms with van der Waals surface area (Å²) in [5.74, 6) is 4.32. The number of allylic oxidation sites excluding steroid dienone is 1. The van der Waals surface area contributed by atoms with Crippen molar-refractivity contribution in [2.45, 2.75) is 91.1 Å². The summed E-state index contributed by atoms with van der Waals surface area (Å²) < 4.78 is 0. The van der Waals surface area contributed by atoms with Gasteiger partial charge in [-0.3, -0.25) is 4.98 Å². The molecule has 1 heterocycles. The van der Waals surface area contributed by atoms with Gasteiger partial charge >= 0.3 is 0 Å². The summed E-state index contributed by atoms with van der Waals surface area (Å²) in [6.07, 6.45) is 19.0. The van der Waals surface area contributed by atoms with Gasteiger partial charge in [0.15, 0.2) is 0 Å². The van der Waals surface area contributed by atoms with E-state index in [0.717, 1.165) is 42.4 Å². The zero-order chi connectivity index (χ0) is 20.9. The van der Waals surface area contributed by atoms with Gasteiger partial charge in [0.2, 0.25) is 0 Å². The highest BCUT2D eigenvalue weighted by Crippen LogP contribution is 2.67. The number of aliphatic hydroxyl groups excluding tert-OH is 1. The Bertz CT molecular complexity index is 787. The highest BCUT2D eigenvalue weighted by molar-refractivity contribution is 5.25. The van der Waals surface area contributed by atoms with Crippen LogP contribution in [0, 0.1) is 40.4 Å². The van der Waals surface area contributed by atoms with Crippen LogP contribution in [0.5, 0.6) is 0 Å². The molecule has 30 heavy (non-hydrogen) atoms. The maximum Gasteiger partial charge on any atom is 0.0577 e. The largest absolute Gasteiger partial charge is 0.393 e. The van der Waals surface area contributed by atoms with Gasteiger partial charge in [0.05, 0.1) is 6.10 Å². The summed E-state index contributed by atoms with van der Waals surface area (Å²) in [5.41, 5.74) is 3.90. The number of nitrogens with zero attached hydrogens (tertiary/aromatic N) is 1. The van der Waals surface area contributed by atoms with Gasteiger partial charge in [-0.05, 0) is 116 Å². The number of aromatic nitrogens is 1. The molecule has 2 heteroatoms. The molecule has 164 valence electrons. The van der Waals surface area contributed by atoms with Gasteiger partial charge in [-0.1, -0.05) is 38.5 Å². The van der Waals surface area contributed by atoms with Gasteiger partial charge in [-0.15, -0.1) is 0 Å². The smallest absolute Gasteiger partial charge is 0.0577 e. The van der Waals surface area contributed by atoms with Crippen LogP contribution in [0.1, 0.15) is 84.1 Å². The first-order chi connectivity index (χ1) is 14.4. The van der Waals surface area contributed by atoms with Gasteiger partial charge in [0.25, 0.3) is 0 Å². The highest BCUT2D eigenvalue weighted by Gasteiger charge is 2.59. The number of hydrogen-bond acceptors (Lipinski definition) is 2. The monoisotopic (exact) mass is 407 g/mol. The number of rotatable bonds is 4. The summed E-state index contributed by atoms with van der Waals surface area (Å²) >= 11 is 0. The van der Waals surface area contributed by atoms with E-state index in [1.54, 1.807) is 5.57 Å². The molecule has 0 bridgehead atoms. The summed E-state index contributed by atoms with van der Waals surface area (Å²) in [6, 6.07) is 4.31. The van der Waals surface area contributed by atoms with Crippen LogP contribution in [0.15, 0.2) is 36.2 Å². The lowest BCUT2D eigenvalue weighted by Crippen LogP contribution is -2.50. The molecular weight excluding hydrogens is 366 g/mol. The Labute approximate surface area is 183 Å². The van der Waals surface area contributed by atoms with Crippen molar-refractivity contribution >= 4 is 0 Å². The SMILES string of the molecule is CC(CCc1cccnc1)C1CCC2C3CC=C4C[C@@H](O)CCC4(C)C3CCC12C. The zero-order valence-electron chi connectivity index (χ0n) is 19.3. The molecule has 1 aromatic rings. The molecule has 4 aliphatic rings. The quantitative estimate of drug-likeness (QED) is 0.571. The molecule has 1 N–H and O–H groups in total. The zero-order valence-corrected chi connectivity index (χ0v) is 19.3. The van der Waals surface area contributed by atoms with E-state index in [0.29, 0.717) is 10.8 Å². The van der Waals surface area contributed by atoms with E-state index in [1.807, 2.05) is 12.4 Å². The molecule has 0 aromatic carbocycles. The number of aryl methyl sites for hydroxylation is 1. The molecule has 1 aromatic heterocycles. The molecule has 7 unspecified atom stereocenters. The molecule has 0 radical (unpaired) electrons. The molecule has 0 saturated heterocycles. The molecule has 2 nitrogen and oxygen atoms in total. The van der Waals surface area contributed by atoms with Crippen LogP contribution in [-0.4, -0.2) is 16.2 Å². The first-order valence-electron chi connectivity index (χ1n) is 12.7. The number of fused-ring (bicyclic) bond motifs is 5. The van der Waals surface area contributed by atoms with Crippen molar-refractivity contribution in [2.75, 3.05) is 0 Å².